The van der Waals surface area contributed by atoms with E-state index >= 15 is 0 Å². The molecule has 1 aromatic heterocycles. The van der Waals surface area contributed by atoms with Crippen molar-refractivity contribution in [2.24, 2.45) is 5.92 Å². The molecule has 6 nitrogen and oxygen atoms in total. The van der Waals surface area contributed by atoms with Gasteiger partial charge in [0.15, 0.2) is 0 Å². The third-order valence-electron chi connectivity index (χ3n) is 6.46. The predicted molar refractivity (Wildman–Crippen MR) is 106 cm³/mol. The molecule has 4 heterocycles. The average molecular weight is 372 g/mol. The normalized spacial score (nSPS) is 26.2. The molecular formula is C21H33N5O. The van der Waals surface area contributed by atoms with Gasteiger partial charge in [-0.1, -0.05) is 0 Å². The minimum absolute atomic E-state index is 0.215. The zero-order valence-corrected chi connectivity index (χ0v) is 16.4. The lowest BCUT2D eigenvalue weighted by Crippen LogP contribution is -2.53. The van der Waals surface area contributed by atoms with Gasteiger partial charge < -0.3 is 10.2 Å². The van der Waals surface area contributed by atoms with Gasteiger partial charge in [0.1, 0.15) is 0 Å². The molecule has 0 aliphatic carbocycles. The molecule has 1 amide bonds. The standard InChI is InChI=1S/C21H33N5O/c27-21(25-14-9-23-10-15-25)19-2-1-11-26(17-19)20-5-12-24(13-6-20)16-18-3-7-22-8-4-18/h3-4,7-8,19-20,23H,1-2,5-6,9-17H2/t19-/m0/s1. The summed E-state index contributed by atoms with van der Waals surface area (Å²) >= 11 is 0. The van der Waals surface area contributed by atoms with Crippen LogP contribution in [0.4, 0.5) is 0 Å². The molecule has 27 heavy (non-hydrogen) atoms. The van der Waals surface area contributed by atoms with Gasteiger partial charge in [-0.15, -0.1) is 0 Å². The summed E-state index contributed by atoms with van der Waals surface area (Å²) in [4.78, 5) is 24.3. The lowest BCUT2D eigenvalue weighted by atomic mass is 9.92. The fraction of sp³-hybridized carbons (Fsp3) is 0.714. The first-order chi connectivity index (χ1) is 13.3. The quantitative estimate of drug-likeness (QED) is 0.862. The summed E-state index contributed by atoms with van der Waals surface area (Å²) in [6.45, 7) is 9.11. The van der Waals surface area contributed by atoms with Crippen molar-refractivity contribution in [3.63, 3.8) is 0 Å². The molecule has 0 radical (unpaired) electrons. The molecule has 4 rings (SSSR count). The van der Waals surface area contributed by atoms with Crippen LogP contribution in [0.1, 0.15) is 31.2 Å². The monoisotopic (exact) mass is 371 g/mol. The Balaban J connectivity index is 1.26. The van der Waals surface area contributed by atoms with Crippen LogP contribution in [0.25, 0.3) is 0 Å². The van der Waals surface area contributed by atoms with Crippen LogP contribution in [0.2, 0.25) is 0 Å². The van der Waals surface area contributed by atoms with Gasteiger partial charge in [0.05, 0.1) is 5.92 Å². The molecule has 1 N–H and O–H groups in total. The van der Waals surface area contributed by atoms with Crippen molar-refractivity contribution in [3.05, 3.63) is 30.1 Å². The molecule has 3 aliphatic rings. The number of carbonyl (C=O) groups is 1. The highest BCUT2D eigenvalue weighted by Gasteiger charge is 2.33. The second-order valence-electron chi connectivity index (χ2n) is 8.27. The highest BCUT2D eigenvalue weighted by Crippen LogP contribution is 2.25. The molecular weight excluding hydrogens is 338 g/mol. The van der Waals surface area contributed by atoms with E-state index in [1.165, 1.54) is 31.4 Å². The maximum absolute atomic E-state index is 12.9. The van der Waals surface area contributed by atoms with Crippen LogP contribution >= 0.6 is 0 Å². The van der Waals surface area contributed by atoms with Crippen molar-refractivity contribution in [3.8, 4) is 0 Å². The number of piperazine rings is 1. The lowest BCUT2D eigenvalue weighted by molar-refractivity contribution is -0.138. The SMILES string of the molecule is O=C([C@H]1CCCN(C2CCN(Cc3ccncc3)CC2)C1)N1CCNCC1. The third kappa shape index (κ3) is 4.86. The zero-order chi connectivity index (χ0) is 18.5. The van der Waals surface area contributed by atoms with Gasteiger partial charge in [-0.2, -0.15) is 0 Å². The van der Waals surface area contributed by atoms with Crippen LogP contribution in [-0.2, 0) is 11.3 Å². The van der Waals surface area contributed by atoms with Gasteiger partial charge in [-0.3, -0.25) is 19.6 Å². The Bertz CT molecular complexity index is 596. The molecule has 3 fully saturated rings. The number of hydrogen-bond acceptors (Lipinski definition) is 5. The number of nitrogens with one attached hydrogen (secondary N) is 1. The van der Waals surface area contributed by atoms with Crippen molar-refractivity contribution < 1.29 is 4.79 Å². The highest BCUT2D eigenvalue weighted by molar-refractivity contribution is 5.79. The Morgan fingerprint density at radius 3 is 2.52 bits per heavy atom. The molecule has 3 aliphatic heterocycles. The van der Waals surface area contributed by atoms with Crippen molar-refractivity contribution >= 4 is 5.91 Å². The smallest absolute Gasteiger partial charge is 0.227 e. The number of carbonyl (C=O) groups excluding carboxylic acids is 1. The van der Waals surface area contributed by atoms with Crippen LogP contribution in [0.3, 0.4) is 0 Å². The number of likely N-dealkylation sites (tertiary alicyclic amines) is 2. The fourth-order valence-corrected chi connectivity index (χ4v) is 4.87. The summed E-state index contributed by atoms with van der Waals surface area (Å²) < 4.78 is 0. The van der Waals surface area contributed by atoms with E-state index in [9.17, 15) is 4.79 Å². The summed E-state index contributed by atoms with van der Waals surface area (Å²) in [6, 6.07) is 4.88. The molecule has 1 atom stereocenters. The molecule has 0 unspecified atom stereocenters. The van der Waals surface area contributed by atoms with E-state index in [2.05, 4.69) is 37.1 Å². The van der Waals surface area contributed by atoms with Gasteiger partial charge in [0, 0.05) is 57.7 Å². The van der Waals surface area contributed by atoms with Gasteiger partial charge >= 0.3 is 0 Å². The van der Waals surface area contributed by atoms with E-state index in [1.54, 1.807) is 0 Å². The number of amides is 1. The lowest BCUT2D eigenvalue weighted by Gasteiger charge is -2.43. The molecule has 0 aromatic carbocycles. The van der Waals surface area contributed by atoms with Crippen molar-refractivity contribution in [2.45, 2.75) is 38.3 Å². The van der Waals surface area contributed by atoms with Crippen LogP contribution in [0.15, 0.2) is 24.5 Å². The largest absolute Gasteiger partial charge is 0.340 e. The second-order valence-corrected chi connectivity index (χ2v) is 8.27. The van der Waals surface area contributed by atoms with Crippen molar-refractivity contribution in [2.75, 3.05) is 52.4 Å². The number of nitrogens with zero attached hydrogens (tertiary/aromatic N) is 4. The first-order valence-corrected chi connectivity index (χ1v) is 10.6. The summed E-state index contributed by atoms with van der Waals surface area (Å²) in [5, 5.41) is 3.34. The Morgan fingerprint density at radius 2 is 1.78 bits per heavy atom. The van der Waals surface area contributed by atoms with Crippen molar-refractivity contribution in [1.29, 1.82) is 0 Å². The average Bonchev–Trinajstić information content (AvgIpc) is 2.75. The third-order valence-corrected chi connectivity index (χ3v) is 6.46. The maximum atomic E-state index is 12.9. The molecule has 3 saturated heterocycles. The van der Waals surface area contributed by atoms with Crippen molar-refractivity contribution in [1.82, 2.24) is 25.0 Å². The Hall–Kier alpha value is -1.50. The molecule has 0 spiro atoms. The predicted octanol–water partition coefficient (Wildman–Crippen LogP) is 1.19. The summed E-state index contributed by atoms with van der Waals surface area (Å²) in [5.41, 5.74) is 1.35. The number of piperidine rings is 2. The fourth-order valence-electron chi connectivity index (χ4n) is 4.87. The van der Waals surface area contributed by atoms with Crippen LogP contribution in [0, 0.1) is 5.92 Å². The Kier molecular flexibility index (Phi) is 6.37. The summed E-state index contributed by atoms with van der Waals surface area (Å²) in [5.74, 6) is 0.614. The first kappa shape index (κ1) is 18.8. The number of aromatic nitrogens is 1. The summed E-state index contributed by atoms with van der Waals surface area (Å²) in [7, 11) is 0. The number of pyridine rings is 1. The zero-order valence-electron chi connectivity index (χ0n) is 16.4. The topological polar surface area (TPSA) is 51.7 Å². The molecule has 0 saturated carbocycles. The number of rotatable bonds is 4. The van der Waals surface area contributed by atoms with E-state index in [-0.39, 0.29) is 5.92 Å². The molecule has 148 valence electrons. The number of hydrogen-bond donors (Lipinski definition) is 1. The van der Waals surface area contributed by atoms with E-state index < -0.39 is 0 Å². The second kappa shape index (κ2) is 9.13. The minimum atomic E-state index is 0.215. The maximum Gasteiger partial charge on any atom is 0.227 e. The highest BCUT2D eigenvalue weighted by atomic mass is 16.2. The van der Waals surface area contributed by atoms with Gasteiger partial charge in [-0.05, 0) is 63.0 Å². The van der Waals surface area contributed by atoms with Gasteiger partial charge in [-0.25, -0.2) is 0 Å². The summed E-state index contributed by atoms with van der Waals surface area (Å²) in [6.07, 6.45) is 8.44. The van der Waals surface area contributed by atoms with E-state index in [0.29, 0.717) is 11.9 Å². The van der Waals surface area contributed by atoms with Crippen LogP contribution in [-0.4, -0.2) is 84.0 Å². The van der Waals surface area contributed by atoms with E-state index in [1.807, 2.05) is 12.4 Å². The van der Waals surface area contributed by atoms with E-state index in [0.717, 1.165) is 58.8 Å². The van der Waals surface area contributed by atoms with E-state index in [4.69, 9.17) is 0 Å². The Morgan fingerprint density at radius 1 is 1.04 bits per heavy atom. The molecule has 0 bridgehead atoms. The molecule has 1 aromatic rings. The minimum Gasteiger partial charge on any atom is -0.340 e. The van der Waals surface area contributed by atoms with Gasteiger partial charge in [0.25, 0.3) is 0 Å². The van der Waals surface area contributed by atoms with Gasteiger partial charge in [0.2, 0.25) is 5.91 Å². The van der Waals surface area contributed by atoms with Crippen LogP contribution < -0.4 is 5.32 Å². The Labute approximate surface area is 162 Å². The van der Waals surface area contributed by atoms with Crippen LogP contribution in [0.5, 0.6) is 0 Å². The first-order valence-electron chi connectivity index (χ1n) is 10.6. The molecule has 6 heteroatoms.